The molecule has 0 spiro atoms. The normalized spacial score (nSPS) is 14.1. The van der Waals surface area contributed by atoms with E-state index in [0.717, 1.165) is 10.5 Å². The minimum atomic E-state index is -0.633. The molecule has 2 amide bonds. The fraction of sp³-hybridized carbons (Fsp3) is 0.148. The molecular weight excluding hydrogens is 595 g/mol. The Bertz CT molecular complexity index is 1480. The average molecular weight is 615 g/mol. The molecule has 0 atom stereocenters. The molecule has 1 saturated heterocycles. The number of imide groups is 1. The van der Waals surface area contributed by atoms with Crippen LogP contribution in [0, 0.1) is 15.9 Å². The lowest BCUT2D eigenvalue weighted by atomic mass is 10.1. The fourth-order valence-electron chi connectivity index (χ4n) is 3.60. The van der Waals surface area contributed by atoms with Crippen molar-refractivity contribution in [2.75, 3.05) is 13.2 Å². The van der Waals surface area contributed by atoms with Gasteiger partial charge in [0.25, 0.3) is 16.8 Å². The maximum Gasteiger partial charge on any atom is 0.293 e. The van der Waals surface area contributed by atoms with E-state index in [2.05, 4.69) is 15.9 Å². The van der Waals surface area contributed by atoms with E-state index >= 15 is 0 Å². The zero-order chi connectivity index (χ0) is 28.1. The summed E-state index contributed by atoms with van der Waals surface area (Å²) in [5.74, 6) is -0.698. The van der Waals surface area contributed by atoms with Crippen molar-refractivity contribution in [3.63, 3.8) is 0 Å². The van der Waals surface area contributed by atoms with Crippen molar-refractivity contribution in [1.29, 1.82) is 0 Å². The number of amides is 2. The molecule has 0 aliphatic carbocycles. The number of hydrogen-bond donors (Lipinski definition) is 0. The van der Waals surface area contributed by atoms with Crippen LogP contribution in [0.4, 0.5) is 14.9 Å². The minimum absolute atomic E-state index is 0.117. The molecule has 4 rings (SSSR count). The molecule has 0 aromatic heterocycles. The van der Waals surface area contributed by atoms with E-state index in [1.54, 1.807) is 31.2 Å². The first-order valence-corrected chi connectivity index (χ1v) is 13.1. The Labute approximate surface area is 234 Å². The molecule has 1 aliphatic rings. The largest absolute Gasteiger partial charge is 0.490 e. The molecule has 1 heterocycles. The molecule has 39 heavy (non-hydrogen) atoms. The Morgan fingerprint density at radius 2 is 1.79 bits per heavy atom. The van der Waals surface area contributed by atoms with Gasteiger partial charge in [0.05, 0.1) is 27.5 Å². The summed E-state index contributed by atoms with van der Waals surface area (Å²) in [5.41, 5.74) is 1.27. The number of carbonyl (C=O) groups is 3. The summed E-state index contributed by atoms with van der Waals surface area (Å²) in [4.78, 5) is 49.3. The van der Waals surface area contributed by atoms with Crippen molar-refractivity contribution in [3.8, 4) is 11.5 Å². The molecule has 3 aromatic carbocycles. The second-order valence-electron chi connectivity index (χ2n) is 8.17. The van der Waals surface area contributed by atoms with E-state index in [1.807, 2.05) is 0 Å². The Morgan fingerprint density at radius 1 is 1.10 bits per heavy atom. The van der Waals surface area contributed by atoms with Crippen molar-refractivity contribution >= 4 is 56.4 Å². The van der Waals surface area contributed by atoms with Crippen molar-refractivity contribution in [3.05, 3.63) is 103 Å². The highest BCUT2D eigenvalue weighted by atomic mass is 79.9. The Kier molecular flexibility index (Phi) is 8.77. The van der Waals surface area contributed by atoms with Gasteiger partial charge < -0.3 is 9.47 Å². The SMILES string of the molecule is CCOc1cc(/C=C2\SC(=O)N(CC(=O)c3ccc([N+](=O)[O-])cc3)C2=O)cc(Br)c1OCc1ccc(F)cc1. The van der Waals surface area contributed by atoms with Crippen molar-refractivity contribution in [2.45, 2.75) is 13.5 Å². The van der Waals surface area contributed by atoms with Gasteiger partial charge in [-0.3, -0.25) is 29.4 Å². The lowest BCUT2D eigenvalue weighted by Gasteiger charge is -2.15. The highest BCUT2D eigenvalue weighted by Gasteiger charge is 2.36. The molecule has 200 valence electrons. The van der Waals surface area contributed by atoms with E-state index in [-0.39, 0.29) is 28.6 Å². The minimum Gasteiger partial charge on any atom is -0.490 e. The number of non-ortho nitro benzene ring substituents is 1. The molecule has 0 saturated carbocycles. The zero-order valence-corrected chi connectivity index (χ0v) is 22.8. The fourth-order valence-corrected chi connectivity index (χ4v) is 5.01. The van der Waals surface area contributed by atoms with E-state index in [1.165, 1.54) is 42.5 Å². The molecule has 1 aliphatic heterocycles. The predicted octanol–water partition coefficient (Wildman–Crippen LogP) is 6.39. The molecule has 0 unspecified atom stereocenters. The number of ketones is 1. The van der Waals surface area contributed by atoms with Gasteiger partial charge in [-0.15, -0.1) is 0 Å². The van der Waals surface area contributed by atoms with Gasteiger partial charge in [0.1, 0.15) is 12.4 Å². The van der Waals surface area contributed by atoms with Gasteiger partial charge in [0.2, 0.25) is 0 Å². The number of halogens is 2. The molecule has 12 heteroatoms. The van der Waals surface area contributed by atoms with Gasteiger partial charge in [-0.1, -0.05) is 12.1 Å². The summed E-state index contributed by atoms with van der Waals surface area (Å²) in [6, 6.07) is 14.2. The van der Waals surface area contributed by atoms with Crippen molar-refractivity contribution < 1.29 is 33.2 Å². The second-order valence-corrected chi connectivity index (χ2v) is 10.0. The van der Waals surface area contributed by atoms with E-state index in [4.69, 9.17) is 9.47 Å². The molecule has 0 radical (unpaired) electrons. The molecule has 9 nitrogen and oxygen atoms in total. The average Bonchev–Trinajstić information content (AvgIpc) is 3.16. The number of carbonyl (C=O) groups excluding carboxylic acids is 3. The van der Waals surface area contributed by atoms with Crippen LogP contribution in [-0.2, 0) is 11.4 Å². The third kappa shape index (κ3) is 6.70. The lowest BCUT2D eigenvalue weighted by Crippen LogP contribution is -2.33. The van der Waals surface area contributed by atoms with Crippen LogP contribution in [0.15, 0.2) is 70.0 Å². The molecule has 1 fully saturated rings. The number of rotatable bonds is 10. The number of benzene rings is 3. The van der Waals surface area contributed by atoms with E-state index < -0.39 is 28.4 Å². The van der Waals surface area contributed by atoms with Gasteiger partial charge in [-0.05, 0) is 88.2 Å². The third-order valence-electron chi connectivity index (χ3n) is 5.50. The third-order valence-corrected chi connectivity index (χ3v) is 7.00. The van der Waals surface area contributed by atoms with E-state index in [9.17, 15) is 28.9 Å². The Morgan fingerprint density at radius 3 is 2.44 bits per heavy atom. The number of nitro benzene ring substituents is 1. The van der Waals surface area contributed by atoms with Gasteiger partial charge >= 0.3 is 0 Å². The quantitative estimate of drug-likeness (QED) is 0.112. The summed E-state index contributed by atoms with van der Waals surface area (Å²) in [5, 5.41) is 10.2. The monoisotopic (exact) mass is 614 g/mol. The standard InChI is InChI=1S/C27H20BrFN2O7S/c1-2-37-23-12-17(11-21(28)25(23)38-15-16-3-7-19(29)8-4-16)13-24-26(33)30(27(34)39-24)14-22(32)18-5-9-20(10-6-18)31(35)36/h3-13H,2,14-15H2,1H3/b24-13-. The smallest absolute Gasteiger partial charge is 0.293 e. The van der Waals surface area contributed by atoms with Gasteiger partial charge in [0, 0.05) is 17.7 Å². The first-order chi connectivity index (χ1) is 18.7. The van der Waals surface area contributed by atoms with Crippen LogP contribution in [0.2, 0.25) is 0 Å². The van der Waals surface area contributed by atoms with Gasteiger partial charge in [-0.25, -0.2) is 4.39 Å². The summed E-state index contributed by atoms with van der Waals surface area (Å²) in [6.45, 7) is 1.81. The molecule has 0 N–H and O–H groups in total. The van der Waals surface area contributed by atoms with E-state index in [0.29, 0.717) is 39.9 Å². The summed E-state index contributed by atoms with van der Waals surface area (Å²) in [6.07, 6.45) is 1.51. The topological polar surface area (TPSA) is 116 Å². The Hall–Kier alpha value is -4.03. The van der Waals surface area contributed by atoms with Crippen LogP contribution in [0.5, 0.6) is 11.5 Å². The van der Waals surface area contributed by atoms with Crippen LogP contribution in [0.3, 0.4) is 0 Å². The molecule has 3 aromatic rings. The highest BCUT2D eigenvalue weighted by Crippen LogP contribution is 2.39. The van der Waals surface area contributed by atoms with Gasteiger partial charge in [-0.2, -0.15) is 0 Å². The van der Waals surface area contributed by atoms with Crippen molar-refractivity contribution in [2.24, 2.45) is 0 Å². The first kappa shape index (κ1) is 28.0. The van der Waals surface area contributed by atoms with Crippen LogP contribution in [0.1, 0.15) is 28.4 Å². The van der Waals surface area contributed by atoms with Crippen LogP contribution >= 0.6 is 27.7 Å². The summed E-state index contributed by atoms with van der Waals surface area (Å²) in [7, 11) is 0. The van der Waals surface area contributed by atoms with Gasteiger partial charge in [0.15, 0.2) is 17.3 Å². The second kappa shape index (κ2) is 12.2. The predicted molar refractivity (Wildman–Crippen MR) is 146 cm³/mol. The maximum absolute atomic E-state index is 13.2. The number of ether oxygens (including phenoxy) is 2. The first-order valence-electron chi connectivity index (χ1n) is 11.5. The van der Waals surface area contributed by atoms with Crippen LogP contribution in [0.25, 0.3) is 6.08 Å². The molecule has 0 bridgehead atoms. The van der Waals surface area contributed by atoms with Crippen LogP contribution < -0.4 is 9.47 Å². The number of Topliss-reactive ketones (excluding diaryl/α,β-unsaturated/α-hetero) is 1. The number of thioether (sulfide) groups is 1. The number of nitro groups is 1. The number of nitrogens with zero attached hydrogens (tertiary/aromatic N) is 2. The molecular formula is C27H20BrFN2O7S. The zero-order valence-electron chi connectivity index (χ0n) is 20.4. The maximum atomic E-state index is 13.2. The number of hydrogen-bond acceptors (Lipinski definition) is 8. The summed E-state index contributed by atoms with van der Waals surface area (Å²) >= 11 is 4.16. The van der Waals surface area contributed by atoms with Crippen LogP contribution in [-0.4, -0.2) is 39.9 Å². The highest BCUT2D eigenvalue weighted by molar-refractivity contribution is 9.10. The van der Waals surface area contributed by atoms with Crippen molar-refractivity contribution in [1.82, 2.24) is 4.90 Å². The Balaban J connectivity index is 1.51. The lowest BCUT2D eigenvalue weighted by molar-refractivity contribution is -0.384. The summed E-state index contributed by atoms with van der Waals surface area (Å²) < 4.78 is 25.4.